The van der Waals surface area contributed by atoms with Gasteiger partial charge in [-0.1, -0.05) is 36.4 Å². The van der Waals surface area contributed by atoms with Crippen molar-refractivity contribution in [2.24, 2.45) is 0 Å². The van der Waals surface area contributed by atoms with Crippen LogP contribution >= 0.6 is 0 Å². The zero-order valence-electron chi connectivity index (χ0n) is 18.9. The second-order valence-corrected chi connectivity index (χ2v) is 8.55. The van der Waals surface area contributed by atoms with Gasteiger partial charge in [0, 0.05) is 55.4 Å². The summed E-state index contributed by atoms with van der Waals surface area (Å²) >= 11 is 0. The first-order valence-electron chi connectivity index (χ1n) is 11.4. The van der Waals surface area contributed by atoms with Crippen molar-refractivity contribution in [3.63, 3.8) is 0 Å². The highest BCUT2D eigenvalue weighted by Crippen LogP contribution is 2.29. The lowest BCUT2D eigenvalue weighted by Gasteiger charge is -2.30. The largest absolute Gasteiger partial charge is 0.494 e. The smallest absolute Gasteiger partial charge is 0.128 e. The van der Waals surface area contributed by atoms with Crippen LogP contribution in [-0.4, -0.2) is 37.8 Å². The fourth-order valence-corrected chi connectivity index (χ4v) is 4.45. The maximum atomic E-state index is 5.76. The molecular formula is C26H34N4O. The molecule has 4 rings (SSSR count). The van der Waals surface area contributed by atoms with Gasteiger partial charge in [-0.05, 0) is 44.7 Å². The van der Waals surface area contributed by atoms with Gasteiger partial charge >= 0.3 is 0 Å². The van der Waals surface area contributed by atoms with Crippen LogP contribution in [0.5, 0.6) is 5.75 Å². The van der Waals surface area contributed by atoms with Crippen molar-refractivity contribution in [2.75, 3.05) is 30.9 Å². The maximum Gasteiger partial charge on any atom is 0.128 e. The third kappa shape index (κ3) is 5.28. The van der Waals surface area contributed by atoms with Crippen molar-refractivity contribution >= 4 is 22.4 Å². The van der Waals surface area contributed by atoms with E-state index in [-0.39, 0.29) is 0 Å². The number of hydrogen-bond donors (Lipinski definition) is 2. The maximum absolute atomic E-state index is 5.76. The third-order valence-corrected chi connectivity index (χ3v) is 6.11. The van der Waals surface area contributed by atoms with Crippen molar-refractivity contribution in [2.45, 2.75) is 51.2 Å². The van der Waals surface area contributed by atoms with Gasteiger partial charge in [-0.15, -0.1) is 0 Å². The minimum Gasteiger partial charge on any atom is -0.494 e. The quantitative estimate of drug-likeness (QED) is 0.526. The van der Waals surface area contributed by atoms with Gasteiger partial charge in [0.05, 0.1) is 12.1 Å². The number of rotatable bonds is 8. The average molecular weight is 419 g/mol. The molecule has 5 nitrogen and oxygen atoms in total. The highest BCUT2D eigenvalue weighted by atomic mass is 16.5. The molecule has 1 heterocycles. The lowest BCUT2D eigenvalue weighted by Crippen LogP contribution is -2.36. The molecule has 2 N–H and O–H groups in total. The molecule has 0 radical (unpaired) electrons. The van der Waals surface area contributed by atoms with E-state index in [9.17, 15) is 0 Å². The summed E-state index contributed by atoms with van der Waals surface area (Å²) in [6.07, 6.45) is 4.64. The van der Waals surface area contributed by atoms with Gasteiger partial charge in [0.1, 0.15) is 11.6 Å². The first-order valence-corrected chi connectivity index (χ1v) is 11.4. The fourth-order valence-electron chi connectivity index (χ4n) is 4.45. The summed E-state index contributed by atoms with van der Waals surface area (Å²) < 4.78 is 5.76. The summed E-state index contributed by atoms with van der Waals surface area (Å²) in [4.78, 5) is 7.03. The highest BCUT2D eigenvalue weighted by Gasteiger charge is 2.22. The van der Waals surface area contributed by atoms with Crippen LogP contribution in [-0.2, 0) is 6.54 Å². The van der Waals surface area contributed by atoms with Crippen LogP contribution in [0.1, 0.15) is 38.2 Å². The Labute approximate surface area is 185 Å². The number of benzene rings is 2. The number of ether oxygens (including phenoxy) is 1. The monoisotopic (exact) mass is 418 g/mol. The average Bonchev–Trinajstić information content (AvgIpc) is 2.79. The Bertz CT molecular complexity index is 996. The van der Waals surface area contributed by atoms with E-state index in [1.165, 1.54) is 29.5 Å². The molecule has 31 heavy (non-hydrogen) atoms. The van der Waals surface area contributed by atoms with Crippen molar-refractivity contribution in [3.8, 4) is 5.75 Å². The minimum absolute atomic E-state index is 0.470. The Morgan fingerprint density at radius 3 is 2.45 bits per heavy atom. The van der Waals surface area contributed by atoms with E-state index in [0.29, 0.717) is 18.7 Å². The van der Waals surface area contributed by atoms with E-state index in [0.717, 1.165) is 36.5 Å². The van der Waals surface area contributed by atoms with Gasteiger partial charge in [0.25, 0.3) is 0 Å². The molecule has 0 aliphatic heterocycles. The van der Waals surface area contributed by atoms with Crippen LogP contribution in [0.25, 0.3) is 10.9 Å². The molecular weight excluding hydrogens is 384 g/mol. The van der Waals surface area contributed by atoms with Crippen molar-refractivity contribution in [3.05, 3.63) is 60.2 Å². The molecule has 164 valence electrons. The van der Waals surface area contributed by atoms with E-state index in [1.807, 2.05) is 13.0 Å². The summed E-state index contributed by atoms with van der Waals surface area (Å²) in [7, 11) is 4.18. The molecule has 1 aromatic heterocycles. The lowest BCUT2D eigenvalue weighted by molar-refractivity contribution is 0.327. The third-order valence-electron chi connectivity index (χ3n) is 6.11. The van der Waals surface area contributed by atoms with Crippen LogP contribution in [0.2, 0.25) is 0 Å². The van der Waals surface area contributed by atoms with E-state index in [4.69, 9.17) is 9.72 Å². The molecule has 1 aliphatic rings. The Hall–Kier alpha value is -2.79. The van der Waals surface area contributed by atoms with Gasteiger partial charge < -0.3 is 20.3 Å². The minimum atomic E-state index is 0.470. The highest BCUT2D eigenvalue weighted by molar-refractivity contribution is 5.93. The molecule has 0 unspecified atom stereocenters. The second-order valence-electron chi connectivity index (χ2n) is 8.55. The number of aromatic nitrogens is 1. The zero-order chi connectivity index (χ0) is 21.6. The van der Waals surface area contributed by atoms with Crippen LogP contribution in [0.3, 0.4) is 0 Å². The normalized spacial score (nSPS) is 18.7. The van der Waals surface area contributed by atoms with Gasteiger partial charge in [-0.2, -0.15) is 0 Å². The van der Waals surface area contributed by atoms with E-state index in [1.54, 1.807) is 0 Å². The van der Waals surface area contributed by atoms with Crippen LogP contribution in [0, 0.1) is 0 Å². The lowest BCUT2D eigenvalue weighted by atomic mass is 9.91. The number of hydrogen-bond acceptors (Lipinski definition) is 5. The predicted octanol–water partition coefficient (Wildman–Crippen LogP) is 5.21. The Balaban J connectivity index is 1.34. The number of anilines is 2. The van der Waals surface area contributed by atoms with E-state index < -0.39 is 0 Å². The molecule has 1 fully saturated rings. The second kappa shape index (κ2) is 10.0. The number of nitrogens with one attached hydrogen (secondary N) is 2. The number of fused-ring (bicyclic) bond motifs is 1. The SMILES string of the molecule is CCOc1ccccc1CNC1CCC(Nc2cc(N(C)C)c3ccccc3n2)CC1. The summed E-state index contributed by atoms with van der Waals surface area (Å²) in [5.74, 6) is 1.97. The Kier molecular flexibility index (Phi) is 6.92. The molecule has 3 aromatic rings. The first kappa shape index (κ1) is 21.4. The molecule has 1 saturated carbocycles. The van der Waals surface area contributed by atoms with Gasteiger partial charge in [0.15, 0.2) is 0 Å². The summed E-state index contributed by atoms with van der Waals surface area (Å²) in [6.45, 7) is 3.59. The van der Waals surface area contributed by atoms with Gasteiger partial charge in [-0.3, -0.25) is 0 Å². The summed E-state index contributed by atoms with van der Waals surface area (Å²) in [5.41, 5.74) is 3.48. The fraction of sp³-hybridized carbons (Fsp3) is 0.423. The predicted molar refractivity (Wildman–Crippen MR) is 130 cm³/mol. The number of nitrogens with zero attached hydrogens (tertiary/aromatic N) is 2. The summed E-state index contributed by atoms with van der Waals surface area (Å²) in [6, 6.07) is 19.9. The van der Waals surface area contributed by atoms with Gasteiger partial charge in [-0.25, -0.2) is 4.98 Å². The molecule has 0 amide bonds. The van der Waals surface area contributed by atoms with Crippen LogP contribution in [0.15, 0.2) is 54.6 Å². The first-order chi connectivity index (χ1) is 15.1. The van der Waals surface area contributed by atoms with Crippen LogP contribution in [0.4, 0.5) is 11.5 Å². The number of pyridine rings is 1. The number of para-hydroxylation sites is 2. The standard InChI is InChI=1S/C26H34N4O/c1-4-31-25-12-8-5-9-19(25)18-27-20-13-15-21(16-14-20)28-26-17-24(30(2)3)22-10-6-7-11-23(22)29-26/h5-12,17,20-21,27H,4,13-16,18H2,1-3H3,(H,28,29). The van der Waals surface area contributed by atoms with Crippen molar-refractivity contribution < 1.29 is 4.74 Å². The van der Waals surface area contributed by atoms with E-state index in [2.05, 4.69) is 78.2 Å². The Morgan fingerprint density at radius 1 is 0.968 bits per heavy atom. The molecule has 2 aromatic carbocycles. The topological polar surface area (TPSA) is 49.4 Å². The van der Waals surface area contributed by atoms with Crippen LogP contribution < -0.4 is 20.3 Å². The molecule has 0 atom stereocenters. The van der Waals surface area contributed by atoms with Crippen molar-refractivity contribution in [1.82, 2.24) is 10.3 Å². The summed E-state index contributed by atoms with van der Waals surface area (Å²) in [5, 5.41) is 8.64. The van der Waals surface area contributed by atoms with E-state index >= 15 is 0 Å². The molecule has 0 saturated heterocycles. The molecule has 1 aliphatic carbocycles. The molecule has 5 heteroatoms. The van der Waals surface area contributed by atoms with Gasteiger partial charge in [0.2, 0.25) is 0 Å². The molecule has 0 spiro atoms. The Morgan fingerprint density at radius 2 is 1.68 bits per heavy atom. The van der Waals surface area contributed by atoms with Crippen molar-refractivity contribution in [1.29, 1.82) is 0 Å². The zero-order valence-corrected chi connectivity index (χ0v) is 18.9. The molecule has 0 bridgehead atoms.